The smallest absolute Gasteiger partial charge is 0.264 e. The molecule has 9 heteroatoms. The minimum absolute atomic E-state index is 0.0623. The number of aryl methyl sites for hydroxylation is 1. The Hall–Kier alpha value is -3.72. The van der Waals surface area contributed by atoms with Gasteiger partial charge in [0.2, 0.25) is 11.8 Å². The number of rotatable bonds is 13. The number of anilines is 1. The molecule has 0 saturated carbocycles. The number of carbonyl (C=O) groups is 2. The highest BCUT2D eigenvalue weighted by Gasteiger charge is 2.34. The molecule has 0 unspecified atom stereocenters. The third kappa shape index (κ3) is 7.66. The van der Waals surface area contributed by atoms with Crippen molar-refractivity contribution in [1.29, 1.82) is 0 Å². The van der Waals surface area contributed by atoms with Gasteiger partial charge in [-0.3, -0.25) is 13.9 Å². The summed E-state index contributed by atoms with van der Waals surface area (Å²) in [7, 11) is -4.31. The summed E-state index contributed by atoms with van der Waals surface area (Å²) in [4.78, 5) is 28.3. The van der Waals surface area contributed by atoms with Gasteiger partial charge in [-0.2, -0.15) is 0 Å². The Balaban J connectivity index is 2.01. The van der Waals surface area contributed by atoms with Crippen molar-refractivity contribution in [2.45, 2.75) is 51.0 Å². The van der Waals surface area contributed by atoms with Gasteiger partial charge >= 0.3 is 0 Å². The zero-order valence-corrected chi connectivity index (χ0v) is 23.5. The van der Waals surface area contributed by atoms with Crippen LogP contribution in [-0.4, -0.2) is 50.8 Å². The van der Waals surface area contributed by atoms with Gasteiger partial charge in [-0.25, -0.2) is 12.8 Å². The van der Waals surface area contributed by atoms with Crippen LogP contribution < -0.4 is 9.62 Å². The molecule has 0 aliphatic rings. The van der Waals surface area contributed by atoms with Crippen LogP contribution in [0.1, 0.15) is 37.8 Å². The Morgan fingerprint density at radius 3 is 2.18 bits per heavy atom. The molecule has 0 aliphatic heterocycles. The van der Waals surface area contributed by atoms with Crippen molar-refractivity contribution >= 4 is 27.5 Å². The maximum atomic E-state index is 15.0. The molecule has 3 aromatic rings. The third-order valence-corrected chi connectivity index (χ3v) is 8.20. The van der Waals surface area contributed by atoms with Crippen molar-refractivity contribution in [2.24, 2.45) is 0 Å². The lowest BCUT2D eigenvalue weighted by molar-refractivity contribution is -0.139. The van der Waals surface area contributed by atoms with Gasteiger partial charge < -0.3 is 10.2 Å². The summed E-state index contributed by atoms with van der Waals surface area (Å²) in [5.74, 6) is -1.67. The highest BCUT2D eigenvalue weighted by molar-refractivity contribution is 7.92. The molecule has 0 aliphatic carbocycles. The first kappa shape index (κ1) is 29.8. The Kier molecular flexibility index (Phi) is 10.6. The average Bonchev–Trinajstić information content (AvgIpc) is 2.93. The minimum Gasteiger partial charge on any atom is -0.354 e. The molecular formula is C30H36FN3O4S. The van der Waals surface area contributed by atoms with Gasteiger partial charge in [0.25, 0.3) is 10.0 Å². The molecule has 208 valence electrons. The lowest BCUT2D eigenvalue weighted by Crippen LogP contribution is -2.53. The molecule has 1 atom stereocenters. The zero-order valence-electron chi connectivity index (χ0n) is 22.6. The minimum atomic E-state index is -4.31. The highest BCUT2D eigenvalue weighted by atomic mass is 32.2. The van der Waals surface area contributed by atoms with E-state index < -0.39 is 34.3 Å². The summed E-state index contributed by atoms with van der Waals surface area (Å²) in [6.45, 7) is 5.55. The largest absolute Gasteiger partial charge is 0.354 e. The van der Waals surface area contributed by atoms with E-state index in [-0.39, 0.29) is 23.0 Å². The first-order valence-corrected chi connectivity index (χ1v) is 14.6. The van der Waals surface area contributed by atoms with E-state index >= 15 is 0 Å². The normalized spacial score (nSPS) is 12.0. The number of carbonyl (C=O) groups excluding carboxylic acids is 2. The number of sulfonamides is 1. The summed E-state index contributed by atoms with van der Waals surface area (Å²) in [6.07, 6.45) is 1.53. The fourth-order valence-electron chi connectivity index (χ4n) is 4.27. The standard InChI is InChI=1S/C30H36FN3O4S/c1-4-20-32-30(36)27(5-2)33(21-19-24-11-7-6-8-12-24)29(35)22-34(28-14-10-9-13-26(28)31)39(37,38)25-17-15-23(3)16-18-25/h6-18,27H,4-5,19-22H2,1-3H3,(H,32,36)/t27-/m0/s1. The molecule has 0 heterocycles. The molecule has 0 fully saturated rings. The van der Waals surface area contributed by atoms with Crippen molar-refractivity contribution in [3.05, 3.63) is 95.8 Å². The van der Waals surface area contributed by atoms with Crippen molar-refractivity contribution in [3.63, 3.8) is 0 Å². The van der Waals surface area contributed by atoms with Crippen LogP contribution in [0.3, 0.4) is 0 Å². The maximum absolute atomic E-state index is 15.0. The first-order valence-electron chi connectivity index (χ1n) is 13.1. The lowest BCUT2D eigenvalue weighted by atomic mass is 10.1. The predicted octanol–water partition coefficient (Wildman–Crippen LogP) is 4.71. The Bertz CT molecular complexity index is 1350. The van der Waals surface area contributed by atoms with E-state index in [1.54, 1.807) is 19.1 Å². The number of para-hydroxylation sites is 1. The molecule has 7 nitrogen and oxygen atoms in total. The lowest BCUT2D eigenvalue weighted by Gasteiger charge is -2.33. The second-order valence-electron chi connectivity index (χ2n) is 9.31. The molecule has 0 aromatic heterocycles. The number of benzene rings is 3. The number of nitrogens with one attached hydrogen (secondary N) is 1. The van der Waals surface area contributed by atoms with Crippen molar-refractivity contribution in [1.82, 2.24) is 10.2 Å². The van der Waals surface area contributed by atoms with E-state index in [4.69, 9.17) is 0 Å². The second kappa shape index (κ2) is 13.9. The van der Waals surface area contributed by atoms with Gasteiger partial charge in [-0.1, -0.05) is 74.0 Å². The van der Waals surface area contributed by atoms with E-state index in [0.717, 1.165) is 27.9 Å². The fourth-order valence-corrected chi connectivity index (χ4v) is 5.69. The van der Waals surface area contributed by atoms with Crippen LogP contribution in [0.4, 0.5) is 10.1 Å². The second-order valence-corrected chi connectivity index (χ2v) is 11.2. The molecular weight excluding hydrogens is 517 g/mol. The van der Waals surface area contributed by atoms with Crippen LogP contribution >= 0.6 is 0 Å². The highest BCUT2D eigenvalue weighted by Crippen LogP contribution is 2.27. The van der Waals surface area contributed by atoms with Gasteiger partial charge in [-0.15, -0.1) is 0 Å². The average molecular weight is 554 g/mol. The molecule has 39 heavy (non-hydrogen) atoms. The Morgan fingerprint density at radius 1 is 0.923 bits per heavy atom. The van der Waals surface area contributed by atoms with E-state index in [1.807, 2.05) is 44.2 Å². The molecule has 0 spiro atoms. The summed E-state index contributed by atoms with van der Waals surface area (Å²) >= 11 is 0. The third-order valence-electron chi connectivity index (χ3n) is 6.43. The number of hydrogen-bond donors (Lipinski definition) is 1. The molecule has 1 N–H and O–H groups in total. The molecule has 0 saturated heterocycles. The number of halogens is 1. The summed E-state index contributed by atoms with van der Waals surface area (Å²) in [5.41, 5.74) is 1.59. The molecule has 0 bridgehead atoms. The molecule has 3 aromatic carbocycles. The van der Waals surface area contributed by atoms with Crippen molar-refractivity contribution < 1.29 is 22.4 Å². The fraction of sp³-hybridized carbons (Fsp3) is 0.333. The first-order chi connectivity index (χ1) is 18.7. The quantitative estimate of drug-likeness (QED) is 0.332. The van der Waals surface area contributed by atoms with Crippen LogP contribution in [0.25, 0.3) is 0 Å². The van der Waals surface area contributed by atoms with Gasteiger partial charge in [0.05, 0.1) is 10.6 Å². The zero-order chi connectivity index (χ0) is 28.4. The van der Waals surface area contributed by atoms with Gasteiger partial charge in [0.1, 0.15) is 18.4 Å². The Labute approximate surface area is 230 Å². The topological polar surface area (TPSA) is 86.8 Å². The van der Waals surface area contributed by atoms with Crippen molar-refractivity contribution in [2.75, 3.05) is 23.9 Å². The van der Waals surface area contributed by atoms with Crippen LogP contribution in [0, 0.1) is 12.7 Å². The number of amides is 2. The predicted molar refractivity (Wildman–Crippen MR) is 151 cm³/mol. The maximum Gasteiger partial charge on any atom is 0.264 e. The molecule has 0 radical (unpaired) electrons. The SMILES string of the molecule is CCCNC(=O)[C@H](CC)N(CCc1ccccc1)C(=O)CN(c1ccccc1F)S(=O)(=O)c1ccc(C)cc1. The van der Waals surface area contributed by atoms with Crippen LogP contribution in [0.2, 0.25) is 0 Å². The summed E-state index contributed by atoms with van der Waals surface area (Å²) in [6, 6.07) is 20.3. The van der Waals surface area contributed by atoms with Crippen LogP contribution in [0.5, 0.6) is 0 Å². The van der Waals surface area contributed by atoms with Gasteiger partial charge in [0.15, 0.2) is 0 Å². The van der Waals surface area contributed by atoms with Gasteiger partial charge in [0, 0.05) is 13.1 Å². The molecule has 3 rings (SSSR count). The van der Waals surface area contributed by atoms with E-state index in [2.05, 4.69) is 5.32 Å². The van der Waals surface area contributed by atoms with Crippen molar-refractivity contribution in [3.8, 4) is 0 Å². The monoisotopic (exact) mass is 553 g/mol. The van der Waals surface area contributed by atoms with E-state index in [9.17, 15) is 22.4 Å². The Morgan fingerprint density at radius 2 is 1.56 bits per heavy atom. The number of hydrogen-bond acceptors (Lipinski definition) is 4. The molecule has 2 amide bonds. The summed E-state index contributed by atoms with van der Waals surface area (Å²) in [5, 5.41) is 2.85. The summed E-state index contributed by atoms with van der Waals surface area (Å²) < 4.78 is 43.3. The van der Waals surface area contributed by atoms with Crippen LogP contribution in [0.15, 0.2) is 83.8 Å². The van der Waals surface area contributed by atoms with E-state index in [1.165, 1.54) is 35.2 Å². The number of nitrogens with zero attached hydrogens (tertiary/aromatic N) is 2. The van der Waals surface area contributed by atoms with Crippen LogP contribution in [-0.2, 0) is 26.0 Å². The van der Waals surface area contributed by atoms with E-state index in [0.29, 0.717) is 19.4 Å². The van der Waals surface area contributed by atoms with Gasteiger partial charge in [-0.05, 0) is 56.0 Å².